The molecule has 1 aromatic heterocycles. The highest BCUT2D eigenvalue weighted by atomic mass is 16.4. The molecule has 1 atom stereocenters. The van der Waals surface area contributed by atoms with E-state index in [9.17, 15) is 9.59 Å². The Kier molecular flexibility index (Phi) is 5.35. The van der Waals surface area contributed by atoms with Crippen molar-refractivity contribution in [1.29, 1.82) is 0 Å². The minimum atomic E-state index is -0.853. The summed E-state index contributed by atoms with van der Waals surface area (Å²) in [4.78, 5) is 24.0. The molecule has 0 radical (unpaired) electrons. The van der Waals surface area contributed by atoms with Gasteiger partial charge in [-0.2, -0.15) is 0 Å². The number of carboxylic acids is 1. The Morgan fingerprint density at radius 3 is 3.05 bits per heavy atom. The Morgan fingerprint density at radius 1 is 1.52 bits per heavy atom. The maximum absolute atomic E-state index is 11.4. The molecule has 1 aliphatic rings. The van der Waals surface area contributed by atoms with Crippen molar-refractivity contribution in [3.8, 4) is 5.75 Å². The van der Waals surface area contributed by atoms with E-state index in [4.69, 9.17) is 14.6 Å². The molecule has 7 heteroatoms. The van der Waals surface area contributed by atoms with E-state index in [1.807, 2.05) is 0 Å². The summed E-state index contributed by atoms with van der Waals surface area (Å²) >= 11 is 0. The standard InChI is InChI=1S/C14H20N2O5/c17-12-4-11(21-9-13(12)18)8-16-3-1-2-10(7-16)5-15-6-14(19)20/h4,9-10,15,18H,1-3,5-8H2,(H,19,20). The van der Waals surface area contributed by atoms with Gasteiger partial charge in [-0.05, 0) is 31.8 Å². The molecule has 7 nitrogen and oxygen atoms in total. The molecule has 1 fully saturated rings. The van der Waals surface area contributed by atoms with Gasteiger partial charge in [-0.1, -0.05) is 0 Å². The summed E-state index contributed by atoms with van der Waals surface area (Å²) in [5.74, 6) is -0.319. The van der Waals surface area contributed by atoms with Crippen molar-refractivity contribution >= 4 is 5.97 Å². The maximum Gasteiger partial charge on any atom is 0.317 e. The monoisotopic (exact) mass is 296 g/mol. The van der Waals surface area contributed by atoms with Crippen LogP contribution in [0.3, 0.4) is 0 Å². The van der Waals surface area contributed by atoms with E-state index in [0.29, 0.717) is 24.8 Å². The van der Waals surface area contributed by atoms with E-state index in [1.165, 1.54) is 6.07 Å². The summed E-state index contributed by atoms with van der Waals surface area (Å²) < 4.78 is 5.20. The van der Waals surface area contributed by atoms with Crippen LogP contribution in [0.1, 0.15) is 18.6 Å². The van der Waals surface area contributed by atoms with Crippen molar-refractivity contribution in [2.75, 3.05) is 26.2 Å². The Balaban J connectivity index is 1.84. The fourth-order valence-electron chi connectivity index (χ4n) is 2.59. The van der Waals surface area contributed by atoms with E-state index >= 15 is 0 Å². The van der Waals surface area contributed by atoms with E-state index in [0.717, 1.165) is 32.2 Å². The number of piperidine rings is 1. The first-order chi connectivity index (χ1) is 10.0. The summed E-state index contributed by atoms with van der Waals surface area (Å²) in [6, 6.07) is 1.31. The number of rotatable bonds is 6. The van der Waals surface area contributed by atoms with Gasteiger partial charge < -0.3 is 19.9 Å². The van der Waals surface area contributed by atoms with Gasteiger partial charge in [0.05, 0.1) is 13.1 Å². The predicted octanol–water partition coefficient (Wildman–Crippen LogP) is 0.232. The lowest BCUT2D eigenvalue weighted by Gasteiger charge is -2.32. The van der Waals surface area contributed by atoms with Crippen LogP contribution in [0.5, 0.6) is 5.75 Å². The van der Waals surface area contributed by atoms with Crippen molar-refractivity contribution in [2.45, 2.75) is 19.4 Å². The van der Waals surface area contributed by atoms with Crippen molar-refractivity contribution in [3.05, 3.63) is 28.3 Å². The minimum absolute atomic E-state index is 0.0245. The molecule has 2 rings (SSSR count). The second-order valence-electron chi connectivity index (χ2n) is 5.36. The molecule has 21 heavy (non-hydrogen) atoms. The van der Waals surface area contributed by atoms with Crippen LogP contribution in [-0.2, 0) is 11.3 Å². The molecule has 1 aliphatic heterocycles. The van der Waals surface area contributed by atoms with E-state index in [2.05, 4.69) is 10.2 Å². The molecular formula is C14H20N2O5. The largest absolute Gasteiger partial charge is 0.502 e. The van der Waals surface area contributed by atoms with Crippen LogP contribution < -0.4 is 10.7 Å². The molecule has 3 N–H and O–H groups in total. The van der Waals surface area contributed by atoms with Gasteiger partial charge in [0.1, 0.15) is 12.0 Å². The molecule has 1 saturated heterocycles. The molecule has 1 unspecified atom stereocenters. The summed E-state index contributed by atoms with van der Waals surface area (Å²) in [5.41, 5.74) is -0.437. The van der Waals surface area contributed by atoms with Crippen molar-refractivity contribution in [2.24, 2.45) is 5.92 Å². The predicted molar refractivity (Wildman–Crippen MR) is 75.1 cm³/mol. The molecule has 0 aromatic carbocycles. The van der Waals surface area contributed by atoms with Crippen LogP contribution in [-0.4, -0.2) is 47.3 Å². The normalized spacial score (nSPS) is 19.5. The third-order valence-corrected chi connectivity index (χ3v) is 3.56. The third-order valence-electron chi connectivity index (χ3n) is 3.56. The van der Waals surface area contributed by atoms with Gasteiger partial charge in [-0.3, -0.25) is 14.5 Å². The zero-order valence-corrected chi connectivity index (χ0v) is 11.7. The molecule has 0 saturated carbocycles. The van der Waals surface area contributed by atoms with Gasteiger partial charge in [-0.25, -0.2) is 0 Å². The van der Waals surface area contributed by atoms with Crippen molar-refractivity contribution in [3.63, 3.8) is 0 Å². The number of aliphatic carboxylic acids is 1. The number of likely N-dealkylation sites (tertiary alicyclic amines) is 1. The highest BCUT2D eigenvalue weighted by Crippen LogP contribution is 2.18. The van der Waals surface area contributed by atoms with E-state index in [-0.39, 0.29) is 12.3 Å². The zero-order valence-electron chi connectivity index (χ0n) is 11.7. The SMILES string of the molecule is O=C(O)CNCC1CCCN(Cc2cc(=O)c(O)co2)C1. The molecule has 0 amide bonds. The quantitative estimate of drug-likeness (QED) is 0.690. The minimum Gasteiger partial charge on any atom is -0.502 e. The fraction of sp³-hybridized carbons (Fsp3) is 0.571. The van der Waals surface area contributed by atoms with Crippen LogP contribution in [0.25, 0.3) is 0 Å². The Labute approximate surface area is 122 Å². The Hall–Kier alpha value is -1.86. The second kappa shape index (κ2) is 7.24. The number of hydrogen-bond donors (Lipinski definition) is 3. The van der Waals surface area contributed by atoms with Crippen LogP contribution in [0.4, 0.5) is 0 Å². The summed E-state index contributed by atoms with van der Waals surface area (Å²) in [5, 5.41) is 20.7. The number of hydrogen-bond acceptors (Lipinski definition) is 6. The summed E-state index contributed by atoms with van der Waals surface area (Å²) in [6.45, 7) is 2.91. The fourth-order valence-corrected chi connectivity index (χ4v) is 2.59. The van der Waals surface area contributed by atoms with Gasteiger partial charge in [0.2, 0.25) is 5.43 Å². The highest BCUT2D eigenvalue weighted by Gasteiger charge is 2.20. The van der Waals surface area contributed by atoms with E-state index < -0.39 is 11.4 Å². The smallest absolute Gasteiger partial charge is 0.317 e. The third kappa shape index (κ3) is 4.87. The van der Waals surface area contributed by atoms with Crippen molar-refractivity contribution < 1.29 is 19.4 Å². The molecular weight excluding hydrogens is 276 g/mol. The van der Waals surface area contributed by atoms with Gasteiger partial charge >= 0.3 is 5.97 Å². The lowest BCUT2D eigenvalue weighted by atomic mass is 9.98. The first-order valence-electron chi connectivity index (χ1n) is 7.00. The molecule has 2 heterocycles. The number of carboxylic acid groups (broad SMARTS) is 1. The molecule has 0 spiro atoms. The topological polar surface area (TPSA) is 103 Å². The first kappa shape index (κ1) is 15.5. The number of nitrogens with zero attached hydrogens (tertiary/aromatic N) is 1. The number of aromatic hydroxyl groups is 1. The van der Waals surface area contributed by atoms with Gasteiger partial charge in [-0.15, -0.1) is 0 Å². The molecule has 0 aliphatic carbocycles. The highest BCUT2D eigenvalue weighted by molar-refractivity contribution is 5.68. The van der Waals surface area contributed by atoms with Gasteiger partial charge in [0.15, 0.2) is 5.75 Å². The molecule has 0 bridgehead atoms. The number of carbonyl (C=O) groups is 1. The maximum atomic E-state index is 11.4. The second-order valence-corrected chi connectivity index (χ2v) is 5.36. The van der Waals surface area contributed by atoms with Gasteiger partial charge in [0.25, 0.3) is 0 Å². The molecule has 116 valence electrons. The van der Waals surface area contributed by atoms with Crippen LogP contribution in [0.2, 0.25) is 0 Å². The van der Waals surface area contributed by atoms with Crippen LogP contribution in [0, 0.1) is 5.92 Å². The average Bonchev–Trinajstić information content (AvgIpc) is 2.43. The van der Waals surface area contributed by atoms with E-state index in [1.54, 1.807) is 0 Å². The Morgan fingerprint density at radius 2 is 2.33 bits per heavy atom. The average molecular weight is 296 g/mol. The summed E-state index contributed by atoms with van der Waals surface area (Å²) in [7, 11) is 0. The van der Waals surface area contributed by atoms with Crippen molar-refractivity contribution in [1.82, 2.24) is 10.2 Å². The lowest BCUT2D eigenvalue weighted by Crippen LogP contribution is -2.40. The zero-order chi connectivity index (χ0) is 15.2. The van der Waals surface area contributed by atoms with Crippen LogP contribution >= 0.6 is 0 Å². The first-order valence-corrected chi connectivity index (χ1v) is 7.00. The Bertz CT molecular complexity index is 542. The summed E-state index contributed by atoms with van der Waals surface area (Å²) in [6.07, 6.45) is 3.15. The molecule has 1 aromatic rings. The van der Waals surface area contributed by atoms with Gasteiger partial charge in [0, 0.05) is 12.6 Å². The number of nitrogens with one attached hydrogen (secondary N) is 1. The lowest BCUT2D eigenvalue weighted by molar-refractivity contribution is -0.136. The van der Waals surface area contributed by atoms with Crippen LogP contribution in [0.15, 0.2) is 21.5 Å².